The average molecular weight is 202 g/mol. The second kappa shape index (κ2) is 3.29. The Hall–Kier alpha value is -0.580. The first-order chi connectivity index (χ1) is 6.18. The highest BCUT2D eigenvalue weighted by Gasteiger charge is 2.27. The Morgan fingerprint density at radius 1 is 1.69 bits per heavy atom. The number of aromatic nitrogens is 2. The van der Waals surface area contributed by atoms with E-state index in [2.05, 4.69) is 10.4 Å². The molecular formula is C8H12ClN3O. The van der Waals surface area contributed by atoms with Crippen LogP contribution in [0.25, 0.3) is 0 Å². The molecule has 0 aliphatic carbocycles. The summed E-state index contributed by atoms with van der Waals surface area (Å²) in [5.41, 5.74) is 0.806. The van der Waals surface area contributed by atoms with E-state index in [1.165, 1.54) is 0 Å². The van der Waals surface area contributed by atoms with Gasteiger partial charge in [0.1, 0.15) is 0 Å². The van der Waals surface area contributed by atoms with Crippen molar-refractivity contribution in [3.05, 3.63) is 16.9 Å². The quantitative estimate of drug-likeness (QED) is 0.690. The standard InChI is InChI=1S/C8H12ClN3O/c1-5-6(9)4-12(11-5)7-2-10-3-8(7)13/h4,7-8,10,13H,2-3H2,1H3. The van der Waals surface area contributed by atoms with E-state index in [0.29, 0.717) is 11.6 Å². The lowest BCUT2D eigenvalue weighted by molar-refractivity contribution is 0.144. The smallest absolute Gasteiger partial charge is 0.0915 e. The summed E-state index contributed by atoms with van der Waals surface area (Å²) < 4.78 is 1.74. The third kappa shape index (κ3) is 1.57. The third-order valence-corrected chi connectivity index (χ3v) is 2.72. The van der Waals surface area contributed by atoms with Crippen molar-refractivity contribution in [2.24, 2.45) is 0 Å². The topological polar surface area (TPSA) is 50.1 Å². The predicted octanol–water partition coefficient (Wildman–Crippen LogP) is 0.350. The summed E-state index contributed by atoms with van der Waals surface area (Å²) in [7, 11) is 0. The summed E-state index contributed by atoms with van der Waals surface area (Å²) in [6, 6.07) is 0.0196. The number of nitrogens with zero attached hydrogens (tertiary/aromatic N) is 2. The van der Waals surface area contributed by atoms with Gasteiger partial charge in [0.05, 0.1) is 22.9 Å². The zero-order valence-electron chi connectivity index (χ0n) is 7.37. The molecule has 2 unspecified atom stereocenters. The molecule has 1 aromatic heterocycles. The van der Waals surface area contributed by atoms with E-state index in [4.69, 9.17) is 11.6 Å². The van der Waals surface area contributed by atoms with Crippen molar-refractivity contribution in [2.75, 3.05) is 13.1 Å². The molecule has 13 heavy (non-hydrogen) atoms. The lowest BCUT2D eigenvalue weighted by atomic mass is 10.2. The molecule has 0 bridgehead atoms. The van der Waals surface area contributed by atoms with Crippen LogP contribution in [0.3, 0.4) is 0 Å². The molecule has 1 fully saturated rings. The molecule has 1 aliphatic rings. The Morgan fingerprint density at radius 2 is 2.46 bits per heavy atom. The largest absolute Gasteiger partial charge is 0.390 e. The second-order valence-electron chi connectivity index (χ2n) is 3.34. The summed E-state index contributed by atoms with van der Waals surface area (Å²) in [6.45, 7) is 3.23. The van der Waals surface area contributed by atoms with E-state index in [1.807, 2.05) is 6.92 Å². The van der Waals surface area contributed by atoms with E-state index < -0.39 is 0 Å². The van der Waals surface area contributed by atoms with Crippen molar-refractivity contribution in [1.82, 2.24) is 15.1 Å². The maximum Gasteiger partial charge on any atom is 0.0915 e. The van der Waals surface area contributed by atoms with Gasteiger partial charge in [-0.15, -0.1) is 0 Å². The number of aryl methyl sites for hydroxylation is 1. The number of hydrogen-bond acceptors (Lipinski definition) is 3. The molecule has 2 N–H and O–H groups in total. The van der Waals surface area contributed by atoms with Crippen molar-refractivity contribution >= 4 is 11.6 Å². The molecule has 72 valence electrons. The summed E-state index contributed by atoms with van der Waals surface area (Å²) in [4.78, 5) is 0. The van der Waals surface area contributed by atoms with Crippen molar-refractivity contribution in [1.29, 1.82) is 0 Å². The van der Waals surface area contributed by atoms with Gasteiger partial charge < -0.3 is 10.4 Å². The molecule has 0 amide bonds. The molecule has 0 saturated carbocycles. The van der Waals surface area contributed by atoms with Gasteiger partial charge in [-0.1, -0.05) is 11.6 Å². The molecule has 1 aliphatic heterocycles. The van der Waals surface area contributed by atoms with E-state index in [1.54, 1.807) is 10.9 Å². The Balaban J connectivity index is 2.24. The average Bonchev–Trinajstić information content (AvgIpc) is 2.60. The zero-order valence-corrected chi connectivity index (χ0v) is 8.12. The fourth-order valence-electron chi connectivity index (χ4n) is 1.55. The molecule has 2 atom stereocenters. The van der Waals surface area contributed by atoms with Crippen LogP contribution in [-0.2, 0) is 0 Å². The van der Waals surface area contributed by atoms with Crippen LogP contribution >= 0.6 is 11.6 Å². The van der Waals surface area contributed by atoms with Crippen molar-refractivity contribution in [3.63, 3.8) is 0 Å². The van der Waals surface area contributed by atoms with E-state index in [0.717, 1.165) is 12.2 Å². The maximum absolute atomic E-state index is 9.58. The van der Waals surface area contributed by atoms with Crippen molar-refractivity contribution in [2.45, 2.75) is 19.1 Å². The van der Waals surface area contributed by atoms with Crippen LogP contribution < -0.4 is 5.32 Å². The van der Waals surface area contributed by atoms with E-state index >= 15 is 0 Å². The van der Waals surface area contributed by atoms with Gasteiger partial charge in [0.2, 0.25) is 0 Å². The van der Waals surface area contributed by atoms with Gasteiger partial charge in [0, 0.05) is 19.3 Å². The van der Waals surface area contributed by atoms with Gasteiger partial charge in [0.15, 0.2) is 0 Å². The maximum atomic E-state index is 9.58. The van der Waals surface area contributed by atoms with Crippen LogP contribution in [0.1, 0.15) is 11.7 Å². The molecule has 0 spiro atoms. The molecule has 1 aromatic rings. The van der Waals surface area contributed by atoms with Gasteiger partial charge in [-0.25, -0.2) is 0 Å². The highest BCUT2D eigenvalue weighted by Crippen LogP contribution is 2.19. The predicted molar refractivity (Wildman–Crippen MR) is 49.9 cm³/mol. The minimum absolute atomic E-state index is 0.0196. The fourth-order valence-corrected chi connectivity index (χ4v) is 1.69. The molecule has 4 nitrogen and oxygen atoms in total. The summed E-state index contributed by atoms with van der Waals surface area (Å²) >= 11 is 5.87. The molecule has 0 aromatic carbocycles. The molecule has 1 saturated heterocycles. The van der Waals surface area contributed by atoms with Gasteiger partial charge in [-0.05, 0) is 6.92 Å². The Bertz CT molecular complexity index is 293. The SMILES string of the molecule is Cc1nn(C2CNCC2O)cc1Cl. The number of halogens is 1. The van der Waals surface area contributed by atoms with E-state index in [9.17, 15) is 5.11 Å². The van der Waals surface area contributed by atoms with Gasteiger partial charge in [-0.2, -0.15) is 5.10 Å². The lowest BCUT2D eigenvalue weighted by Crippen LogP contribution is -2.22. The van der Waals surface area contributed by atoms with Crippen LogP contribution in [0.2, 0.25) is 5.02 Å². The number of hydrogen-bond donors (Lipinski definition) is 2. The second-order valence-corrected chi connectivity index (χ2v) is 3.74. The van der Waals surface area contributed by atoms with Crippen molar-refractivity contribution < 1.29 is 5.11 Å². The van der Waals surface area contributed by atoms with Crippen LogP contribution in [0.5, 0.6) is 0 Å². The highest BCUT2D eigenvalue weighted by atomic mass is 35.5. The fraction of sp³-hybridized carbons (Fsp3) is 0.625. The Kier molecular flexibility index (Phi) is 2.27. The van der Waals surface area contributed by atoms with Gasteiger partial charge in [-0.3, -0.25) is 4.68 Å². The Morgan fingerprint density at radius 3 is 2.92 bits per heavy atom. The first kappa shape index (κ1) is 8.99. The summed E-state index contributed by atoms with van der Waals surface area (Å²) in [6.07, 6.45) is 1.40. The normalized spacial score (nSPS) is 28.2. The number of β-amino-alcohol motifs (C(OH)–C–C–N with tert-alkyl or cyclic N) is 1. The monoisotopic (exact) mass is 201 g/mol. The van der Waals surface area contributed by atoms with Crippen LogP contribution in [0.4, 0.5) is 0 Å². The van der Waals surface area contributed by atoms with E-state index in [-0.39, 0.29) is 12.1 Å². The van der Waals surface area contributed by atoms with Crippen LogP contribution in [0, 0.1) is 6.92 Å². The van der Waals surface area contributed by atoms with Crippen LogP contribution in [-0.4, -0.2) is 34.1 Å². The zero-order chi connectivity index (χ0) is 9.42. The lowest BCUT2D eigenvalue weighted by Gasteiger charge is -2.13. The molecule has 5 heteroatoms. The van der Waals surface area contributed by atoms with Gasteiger partial charge >= 0.3 is 0 Å². The molecule has 0 radical (unpaired) electrons. The Labute approximate surface area is 81.5 Å². The summed E-state index contributed by atoms with van der Waals surface area (Å²) in [5, 5.41) is 17.6. The highest BCUT2D eigenvalue weighted by molar-refractivity contribution is 6.31. The molecule has 2 heterocycles. The minimum atomic E-state index is -0.365. The van der Waals surface area contributed by atoms with Gasteiger partial charge in [0.25, 0.3) is 0 Å². The first-order valence-corrected chi connectivity index (χ1v) is 4.66. The third-order valence-electron chi connectivity index (χ3n) is 2.35. The number of nitrogens with one attached hydrogen (secondary N) is 1. The number of aliphatic hydroxyl groups is 1. The summed E-state index contributed by atoms with van der Waals surface area (Å²) in [5.74, 6) is 0. The first-order valence-electron chi connectivity index (χ1n) is 4.28. The van der Waals surface area contributed by atoms with Crippen LogP contribution in [0.15, 0.2) is 6.20 Å². The molecule has 2 rings (SSSR count). The molecular weight excluding hydrogens is 190 g/mol. The number of aliphatic hydroxyl groups excluding tert-OH is 1. The minimum Gasteiger partial charge on any atom is -0.390 e. The van der Waals surface area contributed by atoms with Crippen molar-refractivity contribution in [3.8, 4) is 0 Å². The number of rotatable bonds is 1.